The summed E-state index contributed by atoms with van der Waals surface area (Å²) >= 11 is 6.18. The molecule has 1 aromatic rings. The van der Waals surface area contributed by atoms with Gasteiger partial charge in [0.2, 0.25) is 0 Å². The molecule has 1 rings (SSSR count). The van der Waals surface area contributed by atoms with E-state index in [-0.39, 0.29) is 12.1 Å². The Hall–Kier alpha value is -0.730. The van der Waals surface area contributed by atoms with Gasteiger partial charge < -0.3 is 10.5 Å². The highest BCUT2D eigenvalue weighted by Crippen LogP contribution is 2.28. The van der Waals surface area contributed by atoms with E-state index in [4.69, 9.17) is 22.1 Å². The number of hydrogen-bond donors (Lipinski definition) is 1. The molecular formula is C13H20ClNO. The number of halogens is 1. The number of rotatable bonds is 5. The van der Waals surface area contributed by atoms with E-state index in [9.17, 15) is 0 Å². The first kappa shape index (κ1) is 13.3. The number of hydrogen-bond acceptors (Lipinski definition) is 2. The van der Waals surface area contributed by atoms with Crippen molar-refractivity contribution in [2.45, 2.75) is 45.8 Å². The Kier molecular flexibility index (Phi) is 5.10. The van der Waals surface area contributed by atoms with Crippen LogP contribution in [-0.4, -0.2) is 12.1 Å². The maximum absolute atomic E-state index is 6.18. The normalized spacial score (nSPS) is 12.9. The predicted octanol–water partition coefficient (Wildman–Crippen LogP) is 3.41. The van der Waals surface area contributed by atoms with Crippen molar-refractivity contribution in [3.8, 4) is 5.75 Å². The zero-order valence-corrected chi connectivity index (χ0v) is 10.9. The molecule has 2 N–H and O–H groups in total. The van der Waals surface area contributed by atoms with E-state index in [0.29, 0.717) is 0 Å². The van der Waals surface area contributed by atoms with Crippen LogP contribution in [0, 0.1) is 0 Å². The van der Waals surface area contributed by atoms with E-state index >= 15 is 0 Å². The van der Waals surface area contributed by atoms with Gasteiger partial charge in [-0.2, -0.15) is 0 Å². The van der Waals surface area contributed by atoms with Crippen molar-refractivity contribution in [3.63, 3.8) is 0 Å². The van der Waals surface area contributed by atoms with E-state index in [1.807, 2.05) is 32.0 Å². The summed E-state index contributed by atoms with van der Waals surface area (Å²) in [7, 11) is 0. The molecule has 0 bridgehead atoms. The Morgan fingerprint density at radius 3 is 2.62 bits per heavy atom. The van der Waals surface area contributed by atoms with Gasteiger partial charge in [0.25, 0.3) is 0 Å². The van der Waals surface area contributed by atoms with Crippen LogP contribution in [0.1, 0.15) is 32.8 Å². The highest BCUT2D eigenvalue weighted by molar-refractivity contribution is 6.31. The van der Waals surface area contributed by atoms with Gasteiger partial charge in [0.15, 0.2) is 0 Å². The Labute approximate surface area is 103 Å². The molecule has 1 atom stereocenters. The van der Waals surface area contributed by atoms with Gasteiger partial charge in [-0.3, -0.25) is 0 Å². The van der Waals surface area contributed by atoms with Crippen LogP contribution in [0.2, 0.25) is 5.02 Å². The van der Waals surface area contributed by atoms with E-state index in [1.54, 1.807) is 0 Å². The number of ether oxygens (including phenoxy) is 1. The highest BCUT2D eigenvalue weighted by Gasteiger charge is 2.12. The maximum atomic E-state index is 6.18. The summed E-state index contributed by atoms with van der Waals surface area (Å²) in [5.41, 5.74) is 6.98. The average molecular weight is 242 g/mol. The lowest BCUT2D eigenvalue weighted by atomic mass is 10.0. The second-order valence-electron chi connectivity index (χ2n) is 4.26. The summed E-state index contributed by atoms with van der Waals surface area (Å²) < 4.78 is 5.73. The average Bonchev–Trinajstić information content (AvgIpc) is 2.22. The first-order valence-corrected chi connectivity index (χ1v) is 6.12. The van der Waals surface area contributed by atoms with Crippen molar-refractivity contribution in [1.82, 2.24) is 0 Å². The summed E-state index contributed by atoms with van der Waals surface area (Å²) in [6.07, 6.45) is 1.85. The minimum absolute atomic E-state index is 0.134. The van der Waals surface area contributed by atoms with Crippen molar-refractivity contribution in [3.05, 3.63) is 28.8 Å². The van der Waals surface area contributed by atoms with Crippen LogP contribution in [0.25, 0.3) is 0 Å². The van der Waals surface area contributed by atoms with Crippen LogP contribution in [0.15, 0.2) is 18.2 Å². The third-order valence-corrected chi connectivity index (χ3v) is 2.78. The molecule has 0 amide bonds. The quantitative estimate of drug-likeness (QED) is 0.858. The standard InChI is InChI=1S/C13H20ClNO/c1-4-10(15)8-11-12(14)6-5-7-13(11)16-9(2)3/h5-7,9-10H,4,8,15H2,1-3H3. The van der Waals surface area contributed by atoms with Crippen LogP contribution in [0.4, 0.5) is 0 Å². The van der Waals surface area contributed by atoms with E-state index < -0.39 is 0 Å². The molecule has 0 fully saturated rings. The maximum Gasteiger partial charge on any atom is 0.124 e. The fourth-order valence-corrected chi connectivity index (χ4v) is 1.75. The van der Waals surface area contributed by atoms with Crippen molar-refractivity contribution < 1.29 is 4.74 Å². The molecule has 0 aliphatic heterocycles. The molecule has 3 heteroatoms. The predicted molar refractivity (Wildman–Crippen MR) is 69.2 cm³/mol. The lowest BCUT2D eigenvalue weighted by Gasteiger charge is -2.17. The molecule has 0 heterocycles. The molecule has 90 valence electrons. The second kappa shape index (κ2) is 6.12. The van der Waals surface area contributed by atoms with Crippen molar-refractivity contribution in [2.75, 3.05) is 0 Å². The molecule has 1 aromatic carbocycles. The molecule has 0 aliphatic carbocycles. The molecule has 0 radical (unpaired) electrons. The molecule has 0 spiro atoms. The van der Waals surface area contributed by atoms with Gasteiger partial charge in [-0.15, -0.1) is 0 Å². The zero-order valence-electron chi connectivity index (χ0n) is 10.2. The third-order valence-electron chi connectivity index (χ3n) is 2.43. The first-order valence-electron chi connectivity index (χ1n) is 5.74. The highest BCUT2D eigenvalue weighted by atomic mass is 35.5. The molecule has 1 unspecified atom stereocenters. The van der Waals surface area contributed by atoms with Gasteiger partial charge in [0.1, 0.15) is 5.75 Å². The summed E-state index contributed by atoms with van der Waals surface area (Å²) in [5, 5.41) is 0.738. The van der Waals surface area contributed by atoms with Gasteiger partial charge in [-0.1, -0.05) is 24.6 Å². The molecule has 2 nitrogen and oxygen atoms in total. The van der Waals surface area contributed by atoms with Crippen LogP contribution in [-0.2, 0) is 6.42 Å². The summed E-state index contributed by atoms with van der Waals surface area (Å²) in [4.78, 5) is 0. The fraction of sp³-hybridized carbons (Fsp3) is 0.538. The molecule has 0 saturated heterocycles. The van der Waals surface area contributed by atoms with Crippen LogP contribution in [0.3, 0.4) is 0 Å². The molecular weight excluding hydrogens is 222 g/mol. The number of nitrogens with two attached hydrogens (primary N) is 1. The molecule has 0 aliphatic rings. The van der Waals surface area contributed by atoms with Gasteiger partial charge >= 0.3 is 0 Å². The Bertz CT molecular complexity index is 339. The Balaban J connectivity index is 2.94. The fourth-order valence-electron chi connectivity index (χ4n) is 1.51. The third kappa shape index (κ3) is 3.69. The molecule has 0 saturated carbocycles. The van der Waals surface area contributed by atoms with Crippen LogP contribution in [0.5, 0.6) is 5.75 Å². The van der Waals surface area contributed by atoms with Crippen molar-refractivity contribution in [1.29, 1.82) is 0 Å². The van der Waals surface area contributed by atoms with Crippen LogP contribution >= 0.6 is 11.6 Å². The smallest absolute Gasteiger partial charge is 0.124 e. The first-order chi connectivity index (χ1) is 7.54. The topological polar surface area (TPSA) is 35.2 Å². The Morgan fingerprint density at radius 2 is 2.06 bits per heavy atom. The lowest BCUT2D eigenvalue weighted by molar-refractivity contribution is 0.239. The minimum Gasteiger partial charge on any atom is -0.491 e. The molecule has 16 heavy (non-hydrogen) atoms. The van der Waals surface area contributed by atoms with E-state index in [1.165, 1.54) is 0 Å². The van der Waals surface area contributed by atoms with Gasteiger partial charge in [0, 0.05) is 16.6 Å². The summed E-state index contributed by atoms with van der Waals surface area (Å²) in [6, 6.07) is 5.87. The van der Waals surface area contributed by atoms with Crippen molar-refractivity contribution in [2.24, 2.45) is 5.73 Å². The van der Waals surface area contributed by atoms with Gasteiger partial charge in [-0.25, -0.2) is 0 Å². The second-order valence-corrected chi connectivity index (χ2v) is 4.66. The van der Waals surface area contributed by atoms with E-state index in [0.717, 1.165) is 29.2 Å². The molecule has 0 aromatic heterocycles. The SMILES string of the molecule is CCC(N)Cc1c(Cl)cccc1OC(C)C. The van der Waals surface area contributed by atoms with Crippen molar-refractivity contribution >= 4 is 11.6 Å². The number of benzene rings is 1. The van der Waals surface area contributed by atoms with Crippen LogP contribution < -0.4 is 10.5 Å². The van der Waals surface area contributed by atoms with Gasteiger partial charge in [-0.05, 0) is 38.8 Å². The minimum atomic E-state index is 0.134. The largest absolute Gasteiger partial charge is 0.491 e. The summed E-state index contributed by atoms with van der Waals surface area (Å²) in [6.45, 7) is 6.08. The van der Waals surface area contributed by atoms with Gasteiger partial charge in [0.05, 0.1) is 6.10 Å². The Morgan fingerprint density at radius 1 is 1.38 bits per heavy atom. The summed E-state index contributed by atoms with van der Waals surface area (Å²) in [5.74, 6) is 0.853. The zero-order chi connectivity index (χ0) is 12.1. The van der Waals surface area contributed by atoms with E-state index in [2.05, 4.69) is 6.92 Å². The lowest BCUT2D eigenvalue weighted by Crippen LogP contribution is -2.22. The monoisotopic (exact) mass is 241 g/mol.